The summed E-state index contributed by atoms with van der Waals surface area (Å²) in [4.78, 5) is 0. The van der Waals surface area contributed by atoms with Crippen LogP contribution < -0.4 is 14.8 Å². The van der Waals surface area contributed by atoms with E-state index in [1.165, 1.54) is 11.1 Å². The van der Waals surface area contributed by atoms with Crippen LogP contribution in [-0.2, 0) is 6.54 Å². The van der Waals surface area contributed by atoms with Crippen LogP contribution in [0.4, 0.5) is 0 Å². The molecule has 0 radical (unpaired) electrons. The SMILES string of the molecule is CCOc1cc(CN[C@H](C)c2ccccc2)ccc1OCC(C)C. The lowest BCUT2D eigenvalue weighted by Gasteiger charge is -2.17. The lowest BCUT2D eigenvalue weighted by molar-refractivity contribution is 0.248. The van der Waals surface area contributed by atoms with Gasteiger partial charge in [0.1, 0.15) is 0 Å². The van der Waals surface area contributed by atoms with Crippen LogP contribution >= 0.6 is 0 Å². The smallest absolute Gasteiger partial charge is 0.161 e. The Hall–Kier alpha value is -2.00. The number of benzene rings is 2. The first kappa shape index (κ1) is 18.3. The third-order valence-electron chi connectivity index (χ3n) is 3.79. The Labute approximate surface area is 146 Å². The van der Waals surface area contributed by atoms with Crippen molar-refractivity contribution < 1.29 is 9.47 Å². The van der Waals surface area contributed by atoms with E-state index in [4.69, 9.17) is 9.47 Å². The first-order chi connectivity index (χ1) is 11.6. The van der Waals surface area contributed by atoms with Crippen molar-refractivity contribution in [3.8, 4) is 11.5 Å². The second-order valence-corrected chi connectivity index (χ2v) is 6.43. The molecule has 0 aliphatic heterocycles. The van der Waals surface area contributed by atoms with Gasteiger partial charge in [-0.2, -0.15) is 0 Å². The molecule has 2 aromatic carbocycles. The van der Waals surface area contributed by atoms with E-state index in [0.29, 0.717) is 25.2 Å². The predicted molar refractivity (Wildman–Crippen MR) is 99.6 cm³/mol. The summed E-state index contributed by atoms with van der Waals surface area (Å²) in [7, 11) is 0. The Kier molecular flexibility index (Phi) is 7.13. The van der Waals surface area contributed by atoms with Crippen LogP contribution in [0.15, 0.2) is 48.5 Å². The summed E-state index contributed by atoms with van der Waals surface area (Å²) in [5.74, 6) is 2.14. The van der Waals surface area contributed by atoms with E-state index in [1.54, 1.807) is 0 Å². The van der Waals surface area contributed by atoms with Crippen LogP contribution in [0, 0.1) is 5.92 Å². The van der Waals surface area contributed by atoms with Crippen LogP contribution in [-0.4, -0.2) is 13.2 Å². The molecule has 3 nitrogen and oxygen atoms in total. The van der Waals surface area contributed by atoms with Gasteiger partial charge in [0.15, 0.2) is 11.5 Å². The standard InChI is InChI=1S/C21H29NO2/c1-5-23-21-13-18(11-12-20(21)24-15-16(2)3)14-22-17(4)19-9-7-6-8-10-19/h6-13,16-17,22H,5,14-15H2,1-4H3/t17-/m1/s1. The molecule has 0 aliphatic carbocycles. The van der Waals surface area contributed by atoms with E-state index < -0.39 is 0 Å². The molecule has 3 heteroatoms. The van der Waals surface area contributed by atoms with Crippen LogP contribution in [0.2, 0.25) is 0 Å². The highest BCUT2D eigenvalue weighted by Crippen LogP contribution is 2.29. The van der Waals surface area contributed by atoms with Crippen molar-refractivity contribution in [2.24, 2.45) is 5.92 Å². The third kappa shape index (κ3) is 5.57. The maximum absolute atomic E-state index is 5.86. The zero-order valence-corrected chi connectivity index (χ0v) is 15.2. The summed E-state index contributed by atoms with van der Waals surface area (Å²) in [6, 6.07) is 17.0. The molecule has 0 amide bonds. The van der Waals surface area contributed by atoms with Gasteiger partial charge in [0.25, 0.3) is 0 Å². The number of hydrogen-bond donors (Lipinski definition) is 1. The fourth-order valence-electron chi connectivity index (χ4n) is 2.44. The van der Waals surface area contributed by atoms with Gasteiger partial charge in [0.2, 0.25) is 0 Å². The first-order valence-corrected chi connectivity index (χ1v) is 8.77. The van der Waals surface area contributed by atoms with E-state index in [-0.39, 0.29) is 0 Å². The van der Waals surface area contributed by atoms with Gasteiger partial charge in [-0.1, -0.05) is 50.2 Å². The molecule has 0 bridgehead atoms. The molecule has 0 spiro atoms. The Balaban J connectivity index is 2.01. The van der Waals surface area contributed by atoms with Crippen LogP contribution in [0.1, 0.15) is 44.9 Å². The van der Waals surface area contributed by atoms with Gasteiger partial charge in [0, 0.05) is 12.6 Å². The van der Waals surface area contributed by atoms with Gasteiger partial charge in [-0.3, -0.25) is 0 Å². The monoisotopic (exact) mass is 327 g/mol. The van der Waals surface area contributed by atoms with Crippen molar-refractivity contribution in [2.75, 3.05) is 13.2 Å². The molecule has 0 saturated carbocycles. The molecule has 130 valence electrons. The lowest BCUT2D eigenvalue weighted by Crippen LogP contribution is -2.18. The fourth-order valence-corrected chi connectivity index (χ4v) is 2.44. The number of hydrogen-bond acceptors (Lipinski definition) is 3. The highest BCUT2D eigenvalue weighted by atomic mass is 16.5. The molecule has 0 unspecified atom stereocenters. The van der Waals surface area contributed by atoms with E-state index in [0.717, 1.165) is 18.0 Å². The van der Waals surface area contributed by atoms with Gasteiger partial charge in [-0.25, -0.2) is 0 Å². The zero-order valence-electron chi connectivity index (χ0n) is 15.2. The van der Waals surface area contributed by atoms with Crippen LogP contribution in [0.25, 0.3) is 0 Å². The average Bonchev–Trinajstić information content (AvgIpc) is 2.59. The highest BCUT2D eigenvalue weighted by molar-refractivity contribution is 5.43. The highest BCUT2D eigenvalue weighted by Gasteiger charge is 2.09. The van der Waals surface area contributed by atoms with Crippen molar-refractivity contribution in [3.63, 3.8) is 0 Å². The number of ether oxygens (including phenoxy) is 2. The van der Waals surface area contributed by atoms with E-state index in [9.17, 15) is 0 Å². The second kappa shape index (κ2) is 9.33. The molecule has 0 aromatic heterocycles. The summed E-state index contributed by atoms with van der Waals surface area (Å²) in [5.41, 5.74) is 2.48. The number of rotatable bonds is 9. The molecule has 0 fully saturated rings. The molecule has 24 heavy (non-hydrogen) atoms. The van der Waals surface area contributed by atoms with Gasteiger partial charge < -0.3 is 14.8 Å². The van der Waals surface area contributed by atoms with Gasteiger partial charge in [-0.05, 0) is 43.0 Å². The Morgan fingerprint density at radius 1 is 0.917 bits per heavy atom. The minimum absolute atomic E-state index is 0.304. The maximum Gasteiger partial charge on any atom is 0.161 e. The summed E-state index contributed by atoms with van der Waals surface area (Å²) in [6.07, 6.45) is 0. The predicted octanol–water partition coefficient (Wildman–Crippen LogP) is 4.97. The molecule has 1 atom stereocenters. The Bertz CT molecular complexity index is 610. The fraction of sp³-hybridized carbons (Fsp3) is 0.429. The van der Waals surface area contributed by atoms with Crippen molar-refractivity contribution in [2.45, 2.75) is 40.3 Å². The summed E-state index contributed by atoms with van der Waals surface area (Å²) >= 11 is 0. The zero-order chi connectivity index (χ0) is 17.4. The van der Waals surface area contributed by atoms with Crippen molar-refractivity contribution >= 4 is 0 Å². The van der Waals surface area contributed by atoms with Crippen LogP contribution in [0.3, 0.4) is 0 Å². The summed E-state index contributed by atoms with van der Waals surface area (Å²) in [6.45, 7) is 10.6. The molecular formula is C21H29NO2. The molecule has 2 rings (SSSR count). The molecule has 0 saturated heterocycles. The minimum atomic E-state index is 0.304. The molecule has 0 aliphatic rings. The topological polar surface area (TPSA) is 30.5 Å². The third-order valence-corrected chi connectivity index (χ3v) is 3.79. The van der Waals surface area contributed by atoms with Crippen molar-refractivity contribution in [3.05, 3.63) is 59.7 Å². The normalized spacial score (nSPS) is 12.2. The second-order valence-electron chi connectivity index (χ2n) is 6.43. The lowest BCUT2D eigenvalue weighted by atomic mass is 10.1. The van der Waals surface area contributed by atoms with Crippen molar-refractivity contribution in [1.82, 2.24) is 5.32 Å². The van der Waals surface area contributed by atoms with Gasteiger partial charge in [0.05, 0.1) is 13.2 Å². The van der Waals surface area contributed by atoms with E-state index in [2.05, 4.69) is 62.5 Å². The van der Waals surface area contributed by atoms with E-state index in [1.807, 2.05) is 19.1 Å². The Morgan fingerprint density at radius 2 is 1.67 bits per heavy atom. The maximum atomic E-state index is 5.86. The largest absolute Gasteiger partial charge is 0.490 e. The Morgan fingerprint density at radius 3 is 2.33 bits per heavy atom. The minimum Gasteiger partial charge on any atom is -0.490 e. The number of nitrogens with one attached hydrogen (secondary N) is 1. The average molecular weight is 327 g/mol. The molecular weight excluding hydrogens is 298 g/mol. The van der Waals surface area contributed by atoms with Crippen molar-refractivity contribution in [1.29, 1.82) is 0 Å². The van der Waals surface area contributed by atoms with Crippen LogP contribution in [0.5, 0.6) is 11.5 Å². The quantitative estimate of drug-likeness (QED) is 0.705. The van der Waals surface area contributed by atoms with E-state index >= 15 is 0 Å². The first-order valence-electron chi connectivity index (χ1n) is 8.77. The van der Waals surface area contributed by atoms with Gasteiger partial charge >= 0.3 is 0 Å². The van der Waals surface area contributed by atoms with Gasteiger partial charge in [-0.15, -0.1) is 0 Å². The molecule has 2 aromatic rings. The molecule has 0 heterocycles. The molecule has 1 N–H and O–H groups in total. The summed E-state index contributed by atoms with van der Waals surface area (Å²) < 4.78 is 11.6. The summed E-state index contributed by atoms with van der Waals surface area (Å²) in [5, 5.41) is 3.56.